The summed E-state index contributed by atoms with van der Waals surface area (Å²) in [5, 5.41) is 2.59. The minimum atomic E-state index is -0.237. The van der Waals surface area contributed by atoms with Gasteiger partial charge in [-0.2, -0.15) is 0 Å². The molecule has 5 nitrogen and oxygen atoms in total. The van der Waals surface area contributed by atoms with E-state index in [0.717, 1.165) is 11.4 Å². The SMILES string of the molecule is Cc1cc(C)nc(NC(=O)COC(C)C)n1. The highest BCUT2D eigenvalue weighted by atomic mass is 16.5. The molecule has 0 aliphatic rings. The molecule has 0 bridgehead atoms. The van der Waals surface area contributed by atoms with Crippen LogP contribution in [-0.2, 0) is 9.53 Å². The molecule has 0 fully saturated rings. The van der Waals surface area contributed by atoms with Crippen LogP contribution in [0.1, 0.15) is 25.2 Å². The summed E-state index contributed by atoms with van der Waals surface area (Å²) in [6.07, 6.45) is 0.0333. The molecule has 1 amide bonds. The largest absolute Gasteiger partial charge is 0.369 e. The van der Waals surface area contributed by atoms with E-state index in [1.807, 2.05) is 33.8 Å². The first-order chi connectivity index (χ1) is 7.47. The molecule has 16 heavy (non-hydrogen) atoms. The van der Waals surface area contributed by atoms with Gasteiger partial charge >= 0.3 is 0 Å². The van der Waals surface area contributed by atoms with Gasteiger partial charge in [-0.1, -0.05) is 0 Å². The van der Waals surface area contributed by atoms with Gasteiger partial charge in [0, 0.05) is 11.4 Å². The van der Waals surface area contributed by atoms with Gasteiger partial charge in [0.05, 0.1) is 6.10 Å². The molecule has 0 aliphatic carbocycles. The monoisotopic (exact) mass is 223 g/mol. The van der Waals surface area contributed by atoms with Crippen molar-refractivity contribution >= 4 is 11.9 Å². The third-order valence-electron chi connectivity index (χ3n) is 1.78. The Labute approximate surface area is 95.3 Å². The average molecular weight is 223 g/mol. The highest BCUT2D eigenvalue weighted by Crippen LogP contribution is 2.03. The molecule has 1 aromatic rings. The molecule has 0 aromatic carbocycles. The zero-order valence-corrected chi connectivity index (χ0v) is 10.1. The summed E-state index contributed by atoms with van der Waals surface area (Å²) < 4.78 is 5.17. The highest BCUT2D eigenvalue weighted by molar-refractivity contribution is 5.89. The Morgan fingerprint density at radius 2 is 1.94 bits per heavy atom. The van der Waals surface area contributed by atoms with E-state index in [1.165, 1.54) is 0 Å². The third-order valence-corrected chi connectivity index (χ3v) is 1.78. The molecule has 5 heteroatoms. The standard InChI is InChI=1S/C11H17N3O2/c1-7(2)16-6-10(15)14-11-12-8(3)5-9(4)13-11/h5,7H,6H2,1-4H3,(H,12,13,14,15). The van der Waals surface area contributed by atoms with Crippen LogP contribution in [0.4, 0.5) is 5.95 Å². The average Bonchev–Trinajstić information content (AvgIpc) is 2.12. The number of amides is 1. The molecule has 0 spiro atoms. The number of ether oxygens (including phenoxy) is 1. The topological polar surface area (TPSA) is 64.1 Å². The van der Waals surface area contributed by atoms with Crippen LogP contribution in [0.5, 0.6) is 0 Å². The fourth-order valence-electron chi connectivity index (χ4n) is 1.18. The molecule has 0 atom stereocenters. The molecule has 1 heterocycles. The van der Waals surface area contributed by atoms with Gasteiger partial charge in [-0.15, -0.1) is 0 Å². The van der Waals surface area contributed by atoms with E-state index in [9.17, 15) is 4.79 Å². The Bertz CT molecular complexity index is 357. The summed E-state index contributed by atoms with van der Waals surface area (Å²) >= 11 is 0. The lowest BCUT2D eigenvalue weighted by Crippen LogP contribution is -2.22. The number of hydrogen-bond donors (Lipinski definition) is 1. The lowest BCUT2D eigenvalue weighted by atomic mass is 10.4. The van der Waals surface area contributed by atoms with Gasteiger partial charge < -0.3 is 4.74 Å². The number of hydrogen-bond acceptors (Lipinski definition) is 4. The van der Waals surface area contributed by atoms with E-state index >= 15 is 0 Å². The zero-order valence-electron chi connectivity index (χ0n) is 10.1. The third kappa shape index (κ3) is 4.35. The molecule has 88 valence electrons. The second kappa shape index (κ2) is 5.55. The van der Waals surface area contributed by atoms with Crippen molar-refractivity contribution in [3.8, 4) is 0 Å². The van der Waals surface area contributed by atoms with Crippen molar-refractivity contribution in [1.29, 1.82) is 0 Å². The summed E-state index contributed by atoms with van der Waals surface area (Å²) in [5.74, 6) is 0.0913. The first-order valence-electron chi connectivity index (χ1n) is 5.21. The fourth-order valence-corrected chi connectivity index (χ4v) is 1.18. The molecule has 1 rings (SSSR count). The van der Waals surface area contributed by atoms with Gasteiger partial charge in [0.25, 0.3) is 5.91 Å². The minimum Gasteiger partial charge on any atom is -0.369 e. The molecule has 0 radical (unpaired) electrons. The Hall–Kier alpha value is -1.49. The van der Waals surface area contributed by atoms with E-state index in [-0.39, 0.29) is 18.6 Å². The Balaban J connectivity index is 2.56. The number of nitrogens with zero attached hydrogens (tertiary/aromatic N) is 2. The molecule has 0 saturated carbocycles. The van der Waals surface area contributed by atoms with Gasteiger partial charge in [0.1, 0.15) is 6.61 Å². The van der Waals surface area contributed by atoms with Crippen molar-refractivity contribution in [2.75, 3.05) is 11.9 Å². The normalized spacial score (nSPS) is 10.6. The molecular weight excluding hydrogens is 206 g/mol. The van der Waals surface area contributed by atoms with Gasteiger partial charge in [-0.3, -0.25) is 10.1 Å². The molecule has 1 N–H and O–H groups in total. The lowest BCUT2D eigenvalue weighted by Gasteiger charge is -2.08. The van der Waals surface area contributed by atoms with Crippen molar-refractivity contribution in [1.82, 2.24) is 9.97 Å². The summed E-state index contributed by atoms with van der Waals surface area (Å²) in [6.45, 7) is 7.49. The van der Waals surface area contributed by atoms with Crippen LogP contribution >= 0.6 is 0 Å². The zero-order chi connectivity index (χ0) is 12.1. The smallest absolute Gasteiger partial charge is 0.252 e. The molecule has 1 aromatic heterocycles. The summed E-state index contributed by atoms with van der Waals surface area (Å²) in [5.41, 5.74) is 1.65. The van der Waals surface area contributed by atoms with Crippen molar-refractivity contribution < 1.29 is 9.53 Å². The van der Waals surface area contributed by atoms with E-state index in [1.54, 1.807) is 0 Å². The number of carbonyl (C=O) groups is 1. The first kappa shape index (κ1) is 12.6. The summed E-state index contributed by atoms with van der Waals surface area (Å²) in [4.78, 5) is 19.6. The lowest BCUT2D eigenvalue weighted by molar-refractivity contribution is -0.122. The second-order valence-corrected chi connectivity index (χ2v) is 3.88. The number of nitrogens with one attached hydrogen (secondary N) is 1. The molecular formula is C11H17N3O2. The maximum Gasteiger partial charge on any atom is 0.252 e. The van der Waals surface area contributed by atoms with Gasteiger partial charge in [-0.25, -0.2) is 9.97 Å². The van der Waals surface area contributed by atoms with E-state index in [2.05, 4.69) is 15.3 Å². The number of anilines is 1. The number of aromatic nitrogens is 2. The van der Waals surface area contributed by atoms with Gasteiger partial charge in [-0.05, 0) is 33.8 Å². The molecule has 0 unspecified atom stereocenters. The maximum absolute atomic E-state index is 11.4. The second-order valence-electron chi connectivity index (χ2n) is 3.88. The Morgan fingerprint density at radius 3 is 2.44 bits per heavy atom. The molecule has 0 aliphatic heterocycles. The predicted molar refractivity (Wildman–Crippen MR) is 61.2 cm³/mol. The van der Waals surface area contributed by atoms with E-state index in [0.29, 0.717) is 5.95 Å². The maximum atomic E-state index is 11.4. The quantitative estimate of drug-likeness (QED) is 0.839. The summed E-state index contributed by atoms with van der Waals surface area (Å²) in [7, 11) is 0. The van der Waals surface area contributed by atoms with Crippen molar-refractivity contribution in [2.45, 2.75) is 33.8 Å². The number of rotatable bonds is 4. The van der Waals surface area contributed by atoms with Crippen LogP contribution < -0.4 is 5.32 Å². The van der Waals surface area contributed by atoms with E-state index < -0.39 is 0 Å². The Kier molecular flexibility index (Phi) is 4.37. The van der Waals surface area contributed by atoms with Gasteiger partial charge in [0.15, 0.2) is 0 Å². The molecule has 0 saturated heterocycles. The Morgan fingerprint density at radius 1 is 1.38 bits per heavy atom. The number of carbonyl (C=O) groups excluding carboxylic acids is 1. The van der Waals surface area contributed by atoms with Crippen LogP contribution in [0.2, 0.25) is 0 Å². The fraction of sp³-hybridized carbons (Fsp3) is 0.545. The minimum absolute atomic E-state index is 0.0218. The van der Waals surface area contributed by atoms with Crippen LogP contribution in [0, 0.1) is 13.8 Å². The first-order valence-corrected chi connectivity index (χ1v) is 5.21. The van der Waals surface area contributed by atoms with Gasteiger partial charge in [0.2, 0.25) is 5.95 Å². The number of aryl methyl sites for hydroxylation is 2. The highest BCUT2D eigenvalue weighted by Gasteiger charge is 2.06. The van der Waals surface area contributed by atoms with Crippen LogP contribution in [-0.4, -0.2) is 28.6 Å². The van der Waals surface area contributed by atoms with Crippen molar-refractivity contribution in [3.05, 3.63) is 17.5 Å². The predicted octanol–water partition coefficient (Wildman–Crippen LogP) is 1.46. The van der Waals surface area contributed by atoms with Crippen LogP contribution in [0.3, 0.4) is 0 Å². The van der Waals surface area contributed by atoms with E-state index in [4.69, 9.17) is 4.74 Å². The van der Waals surface area contributed by atoms with Crippen molar-refractivity contribution in [3.63, 3.8) is 0 Å². The van der Waals surface area contributed by atoms with Crippen LogP contribution in [0.25, 0.3) is 0 Å². The van der Waals surface area contributed by atoms with Crippen LogP contribution in [0.15, 0.2) is 6.07 Å². The summed E-state index contributed by atoms with van der Waals surface area (Å²) in [6, 6.07) is 1.85. The van der Waals surface area contributed by atoms with Crippen molar-refractivity contribution in [2.24, 2.45) is 0 Å².